The molecule has 7 nitrogen and oxygen atoms in total. The lowest BCUT2D eigenvalue weighted by atomic mass is 10.1. The summed E-state index contributed by atoms with van der Waals surface area (Å²) in [6.07, 6.45) is 0. The van der Waals surface area contributed by atoms with Crippen molar-refractivity contribution in [2.45, 2.75) is 18.9 Å². The molecule has 3 aromatic rings. The van der Waals surface area contributed by atoms with E-state index in [2.05, 4.69) is 20.0 Å². The van der Waals surface area contributed by atoms with E-state index in [0.717, 1.165) is 5.56 Å². The van der Waals surface area contributed by atoms with Crippen LogP contribution in [0.2, 0.25) is 0 Å². The van der Waals surface area contributed by atoms with Crippen molar-refractivity contribution in [3.8, 4) is 11.4 Å². The third-order valence-corrected chi connectivity index (χ3v) is 4.08. The molecule has 0 spiro atoms. The van der Waals surface area contributed by atoms with Crippen molar-refractivity contribution in [1.29, 1.82) is 0 Å². The Morgan fingerprint density at radius 2 is 1.89 bits per heavy atom. The fraction of sp³-hybridized carbons (Fsp3) is 0.294. The van der Waals surface area contributed by atoms with Crippen molar-refractivity contribution in [3.63, 3.8) is 0 Å². The highest BCUT2D eigenvalue weighted by atomic mass is 35.5. The van der Waals surface area contributed by atoms with Crippen LogP contribution in [0.15, 0.2) is 38.4 Å². The second-order valence-corrected chi connectivity index (χ2v) is 6.36. The van der Waals surface area contributed by atoms with Crippen LogP contribution in [0.1, 0.15) is 18.4 Å². The lowest BCUT2D eigenvalue weighted by molar-refractivity contribution is 0.0551. The van der Waals surface area contributed by atoms with Gasteiger partial charge in [-0.25, -0.2) is 0 Å². The normalized spacial score (nSPS) is 11.7. The van der Waals surface area contributed by atoms with Crippen molar-refractivity contribution < 1.29 is 13.3 Å². The van der Waals surface area contributed by atoms with E-state index in [1.165, 1.54) is 0 Å². The highest BCUT2D eigenvalue weighted by Gasteiger charge is 2.35. The molecule has 0 aliphatic heterocycles. The molecule has 2 aromatic carbocycles. The molecule has 1 aromatic heterocycles. The summed E-state index contributed by atoms with van der Waals surface area (Å²) >= 11 is 4.85. The Balaban J connectivity index is 1.75. The second-order valence-electron chi connectivity index (χ2n) is 5.89. The van der Waals surface area contributed by atoms with Gasteiger partial charge in [0.05, 0.1) is 0 Å². The van der Waals surface area contributed by atoms with Crippen molar-refractivity contribution in [2.24, 2.45) is 0 Å². The summed E-state index contributed by atoms with van der Waals surface area (Å²) in [6, 6.07) is 6.74. The minimum atomic E-state index is -3.72. The number of anilines is 2. The van der Waals surface area contributed by atoms with Crippen LogP contribution in [-0.2, 0) is 11.9 Å². The van der Waals surface area contributed by atoms with Crippen LogP contribution < -0.4 is 21.1 Å². The predicted octanol–water partition coefficient (Wildman–Crippen LogP) is 2.69. The Kier molecular flexibility index (Phi) is 4.97. The molecule has 142 valence electrons. The maximum Gasteiger partial charge on any atom is 0.400 e. The highest BCUT2D eigenvalue weighted by Crippen LogP contribution is 2.32. The topological polar surface area (TPSA) is 88.3 Å². The van der Waals surface area contributed by atoms with E-state index in [9.17, 15) is 18.4 Å². The summed E-state index contributed by atoms with van der Waals surface area (Å²) < 4.78 is 30.4. The zero-order chi connectivity index (χ0) is 19.8. The minimum absolute atomic E-state index is 0.0119. The highest BCUT2D eigenvalue weighted by molar-refractivity contribution is 6.21. The average molecular weight is 397 g/mol. The first-order chi connectivity index (χ1) is 12.7. The van der Waals surface area contributed by atoms with Gasteiger partial charge in [0.25, 0.3) is 10.9 Å². The van der Waals surface area contributed by atoms with Crippen molar-refractivity contribution in [3.05, 3.63) is 56.2 Å². The van der Waals surface area contributed by atoms with Gasteiger partial charge in [-0.3, -0.25) is 9.59 Å². The molecule has 0 fully saturated rings. The maximum absolute atomic E-state index is 13.0. The SMILES string of the molecule is CCNc1c(N(C)Cc2ccc(-c3noc(C(F)(F)Cl)n3)cc2)c(=O)c1=O. The van der Waals surface area contributed by atoms with Gasteiger partial charge < -0.3 is 14.7 Å². The number of halogens is 3. The fourth-order valence-electron chi connectivity index (χ4n) is 2.65. The smallest absolute Gasteiger partial charge is 0.380 e. The standard InChI is InChI=1S/C17H15ClF2N4O3/c1-3-21-11-12(14(26)13(11)25)24(2)8-9-4-6-10(7-5-9)15-22-16(27-23-15)17(18,19)20/h4-7,21H,3,8H2,1-2H3. The molecule has 0 radical (unpaired) electrons. The first kappa shape index (κ1) is 19.0. The van der Waals surface area contributed by atoms with Crippen LogP contribution in [0.4, 0.5) is 20.2 Å². The van der Waals surface area contributed by atoms with Crippen molar-refractivity contribution >= 4 is 23.0 Å². The Labute approximate surface area is 157 Å². The molecule has 27 heavy (non-hydrogen) atoms. The number of alkyl halides is 3. The Bertz CT molecular complexity index is 1020. The lowest BCUT2D eigenvalue weighted by Crippen LogP contribution is -2.41. The molecule has 10 heteroatoms. The lowest BCUT2D eigenvalue weighted by Gasteiger charge is -2.23. The number of aromatic nitrogens is 2. The van der Waals surface area contributed by atoms with Gasteiger partial charge in [-0.1, -0.05) is 29.4 Å². The third kappa shape index (κ3) is 3.68. The van der Waals surface area contributed by atoms with E-state index >= 15 is 0 Å². The van der Waals surface area contributed by atoms with E-state index in [1.54, 1.807) is 36.2 Å². The van der Waals surface area contributed by atoms with Gasteiger partial charge in [0, 0.05) is 25.7 Å². The van der Waals surface area contributed by atoms with Gasteiger partial charge in [-0.15, -0.1) is 0 Å². The molecule has 0 bridgehead atoms. The quantitative estimate of drug-likeness (QED) is 0.485. The molecule has 0 atom stereocenters. The van der Waals surface area contributed by atoms with Crippen LogP contribution in [0, 0.1) is 0 Å². The number of rotatable bonds is 7. The molecular weight excluding hydrogens is 382 g/mol. The molecule has 0 unspecified atom stereocenters. The third-order valence-electron chi connectivity index (χ3n) is 3.92. The molecule has 1 N–H and O–H groups in total. The molecule has 0 saturated heterocycles. The summed E-state index contributed by atoms with van der Waals surface area (Å²) in [5.41, 5.74) is 0.938. The molecule has 0 saturated carbocycles. The summed E-state index contributed by atoms with van der Waals surface area (Å²) in [4.78, 5) is 28.7. The Morgan fingerprint density at radius 1 is 1.22 bits per heavy atom. The van der Waals surface area contributed by atoms with Crippen LogP contribution >= 0.6 is 11.6 Å². The van der Waals surface area contributed by atoms with Gasteiger partial charge in [0.15, 0.2) is 0 Å². The summed E-state index contributed by atoms with van der Waals surface area (Å²) in [6.45, 7) is 2.75. The molecule has 0 aliphatic carbocycles. The minimum Gasteiger partial charge on any atom is -0.380 e. The van der Waals surface area contributed by atoms with Gasteiger partial charge in [0.2, 0.25) is 5.82 Å². The predicted molar refractivity (Wildman–Crippen MR) is 97.1 cm³/mol. The monoisotopic (exact) mass is 396 g/mol. The first-order valence-electron chi connectivity index (χ1n) is 8.01. The average Bonchev–Trinajstić information content (AvgIpc) is 3.12. The van der Waals surface area contributed by atoms with E-state index in [0.29, 0.717) is 30.0 Å². The van der Waals surface area contributed by atoms with Gasteiger partial charge in [-0.05, 0) is 24.1 Å². The fourth-order valence-corrected chi connectivity index (χ4v) is 2.73. The number of hydrogen-bond donors (Lipinski definition) is 1. The van der Waals surface area contributed by atoms with Gasteiger partial charge in [-0.2, -0.15) is 13.8 Å². The Morgan fingerprint density at radius 3 is 2.44 bits per heavy atom. The van der Waals surface area contributed by atoms with Gasteiger partial charge >= 0.3 is 11.3 Å². The maximum atomic E-state index is 13.0. The second kappa shape index (κ2) is 7.07. The summed E-state index contributed by atoms with van der Waals surface area (Å²) in [5, 5.41) is 2.65. The molecular formula is C17H15ClF2N4O3. The zero-order valence-electron chi connectivity index (χ0n) is 14.4. The van der Waals surface area contributed by atoms with Crippen molar-refractivity contribution in [2.75, 3.05) is 23.8 Å². The van der Waals surface area contributed by atoms with E-state index in [-0.39, 0.29) is 5.82 Å². The van der Waals surface area contributed by atoms with Crippen LogP contribution in [0.3, 0.4) is 0 Å². The molecule has 0 aliphatic rings. The van der Waals surface area contributed by atoms with E-state index in [1.807, 2.05) is 6.92 Å². The zero-order valence-corrected chi connectivity index (χ0v) is 15.2. The van der Waals surface area contributed by atoms with Crippen LogP contribution in [0.5, 0.6) is 0 Å². The molecule has 1 heterocycles. The van der Waals surface area contributed by atoms with E-state index < -0.39 is 22.1 Å². The van der Waals surface area contributed by atoms with Crippen molar-refractivity contribution in [1.82, 2.24) is 10.1 Å². The van der Waals surface area contributed by atoms with Gasteiger partial charge in [0.1, 0.15) is 11.4 Å². The number of hydrogen-bond acceptors (Lipinski definition) is 7. The molecule has 3 rings (SSSR count). The van der Waals surface area contributed by atoms with E-state index in [4.69, 9.17) is 11.6 Å². The number of nitrogens with zero attached hydrogens (tertiary/aromatic N) is 3. The first-order valence-corrected chi connectivity index (χ1v) is 8.38. The largest absolute Gasteiger partial charge is 0.400 e. The number of benzene rings is 1. The van der Waals surface area contributed by atoms with Crippen LogP contribution in [-0.4, -0.2) is 23.7 Å². The summed E-state index contributed by atoms with van der Waals surface area (Å²) in [7, 11) is 1.71. The summed E-state index contributed by atoms with van der Waals surface area (Å²) in [5.74, 6) is -0.985. The number of nitrogens with one attached hydrogen (secondary N) is 1. The van der Waals surface area contributed by atoms with Crippen LogP contribution in [0.25, 0.3) is 11.4 Å². The molecule has 0 amide bonds. The Hall–Kier alpha value is -2.81.